The van der Waals surface area contributed by atoms with Crippen LogP contribution in [0.1, 0.15) is 42.0 Å². The fourth-order valence-corrected chi connectivity index (χ4v) is 5.72. The van der Waals surface area contributed by atoms with Gasteiger partial charge in [-0.25, -0.2) is 17.8 Å². The topological polar surface area (TPSA) is 90.3 Å². The van der Waals surface area contributed by atoms with E-state index in [1.807, 2.05) is 37.3 Å². The van der Waals surface area contributed by atoms with Gasteiger partial charge in [0, 0.05) is 24.7 Å². The van der Waals surface area contributed by atoms with E-state index in [0.717, 1.165) is 47.9 Å². The van der Waals surface area contributed by atoms with Gasteiger partial charge in [0.05, 0.1) is 17.7 Å². The van der Waals surface area contributed by atoms with E-state index in [4.69, 9.17) is 4.74 Å². The van der Waals surface area contributed by atoms with Gasteiger partial charge in [0.25, 0.3) is 5.56 Å². The summed E-state index contributed by atoms with van der Waals surface area (Å²) in [5.41, 5.74) is 4.62. The fraction of sp³-hybridized carbons (Fsp3) is 0.360. The molecule has 0 spiro atoms. The normalized spacial score (nSPS) is 13.5. The van der Waals surface area contributed by atoms with Crippen molar-refractivity contribution >= 4 is 10.0 Å². The predicted molar refractivity (Wildman–Crippen MR) is 128 cm³/mol. The maximum Gasteiger partial charge on any atom is 0.269 e. The minimum Gasteiger partial charge on any atom is -0.497 e. The molecule has 0 radical (unpaired) electrons. The summed E-state index contributed by atoms with van der Waals surface area (Å²) in [5, 5.41) is 4.52. The van der Waals surface area contributed by atoms with Crippen molar-refractivity contribution in [1.82, 2.24) is 14.5 Å². The van der Waals surface area contributed by atoms with E-state index >= 15 is 0 Å². The molecule has 1 heterocycles. The van der Waals surface area contributed by atoms with E-state index in [2.05, 4.69) is 9.82 Å². The molecule has 174 valence electrons. The number of methoxy groups -OCH3 is 1. The average Bonchev–Trinajstić information content (AvgIpc) is 2.85. The van der Waals surface area contributed by atoms with E-state index in [1.165, 1.54) is 4.68 Å². The standard InChI is InChI=1S/C25H29N3O4S/c1-4-18-12-13-19(24-21-10-5-6-11-22(21)25(29)28(2)27-24)15-23(18)33(30,31)26-16-17-8-7-9-20(14-17)32-3/h7-9,12-15,26H,4-6,10-11,16H2,1-3H3. The molecular formula is C25H29N3O4S. The maximum absolute atomic E-state index is 13.3. The zero-order valence-electron chi connectivity index (χ0n) is 19.2. The van der Waals surface area contributed by atoms with Crippen LogP contribution in [0.25, 0.3) is 11.3 Å². The quantitative estimate of drug-likeness (QED) is 0.575. The van der Waals surface area contributed by atoms with Crippen molar-refractivity contribution in [2.75, 3.05) is 7.11 Å². The Bertz CT molecular complexity index is 1350. The lowest BCUT2D eigenvalue weighted by Gasteiger charge is -2.20. The van der Waals surface area contributed by atoms with Crippen molar-refractivity contribution in [3.8, 4) is 17.0 Å². The third-order valence-electron chi connectivity index (χ3n) is 6.17. The van der Waals surface area contributed by atoms with Gasteiger partial charge in [0.1, 0.15) is 5.75 Å². The molecule has 1 aliphatic carbocycles. The van der Waals surface area contributed by atoms with Crippen molar-refractivity contribution in [3.05, 3.63) is 75.1 Å². The van der Waals surface area contributed by atoms with Crippen molar-refractivity contribution in [1.29, 1.82) is 0 Å². The van der Waals surface area contributed by atoms with Crippen LogP contribution in [0.15, 0.2) is 52.2 Å². The summed E-state index contributed by atoms with van der Waals surface area (Å²) in [6.45, 7) is 2.09. The molecule has 1 N–H and O–H groups in total. The Kier molecular flexibility index (Phi) is 6.67. The first-order valence-corrected chi connectivity index (χ1v) is 12.7. The van der Waals surface area contributed by atoms with E-state index in [9.17, 15) is 13.2 Å². The highest BCUT2D eigenvalue weighted by molar-refractivity contribution is 7.89. The Morgan fingerprint density at radius 3 is 2.58 bits per heavy atom. The number of fused-ring (bicyclic) bond motifs is 1. The largest absolute Gasteiger partial charge is 0.497 e. The molecule has 2 aromatic carbocycles. The van der Waals surface area contributed by atoms with Crippen LogP contribution in [0.4, 0.5) is 0 Å². The van der Waals surface area contributed by atoms with Crippen LogP contribution >= 0.6 is 0 Å². The monoisotopic (exact) mass is 467 g/mol. The molecule has 33 heavy (non-hydrogen) atoms. The summed E-state index contributed by atoms with van der Waals surface area (Å²) < 4.78 is 35.9. The minimum atomic E-state index is -3.78. The number of aromatic nitrogens is 2. The van der Waals surface area contributed by atoms with E-state index in [0.29, 0.717) is 23.4 Å². The highest BCUT2D eigenvalue weighted by atomic mass is 32.2. The van der Waals surface area contributed by atoms with Gasteiger partial charge >= 0.3 is 0 Å². The van der Waals surface area contributed by atoms with Crippen molar-refractivity contribution in [3.63, 3.8) is 0 Å². The van der Waals surface area contributed by atoms with Gasteiger partial charge < -0.3 is 4.74 Å². The molecule has 0 amide bonds. The fourth-order valence-electron chi connectivity index (χ4n) is 4.37. The number of hydrogen-bond donors (Lipinski definition) is 1. The first-order chi connectivity index (χ1) is 15.8. The molecule has 0 unspecified atom stereocenters. The minimum absolute atomic E-state index is 0.0635. The van der Waals surface area contributed by atoms with Gasteiger partial charge in [-0.15, -0.1) is 0 Å². The Morgan fingerprint density at radius 2 is 1.85 bits per heavy atom. The van der Waals surface area contributed by atoms with Crippen molar-refractivity contribution < 1.29 is 13.2 Å². The van der Waals surface area contributed by atoms with Crippen LogP contribution in [0, 0.1) is 0 Å². The lowest BCUT2D eigenvalue weighted by atomic mass is 9.89. The molecule has 0 saturated heterocycles. The number of rotatable bonds is 7. The highest BCUT2D eigenvalue weighted by Crippen LogP contribution is 2.31. The number of sulfonamides is 1. The average molecular weight is 468 g/mol. The summed E-state index contributed by atoms with van der Waals surface area (Å²) in [4.78, 5) is 12.8. The first-order valence-electron chi connectivity index (χ1n) is 11.2. The van der Waals surface area contributed by atoms with E-state index in [1.54, 1.807) is 26.3 Å². The van der Waals surface area contributed by atoms with Gasteiger partial charge in [-0.1, -0.05) is 31.2 Å². The third kappa shape index (κ3) is 4.72. The second kappa shape index (κ2) is 9.49. The molecular weight excluding hydrogens is 438 g/mol. The van der Waals surface area contributed by atoms with E-state index < -0.39 is 10.0 Å². The second-order valence-electron chi connectivity index (χ2n) is 8.29. The number of ether oxygens (including phenoxy) is 1. The van der Waals surface area contributed by atoms with Gasteiger partial charge in [-0.3, -0.25) is 4.79 Å². The Morgan fingerprint density at radius 1 is 1.09 bits per heavy atom. The van der Waals surface area contributed by atoms with Gasteiger partial charge in [0.15, 0.2) is 0 Å². The maximum atomic E-state index is 13.3. The molecule has 0 fully saturated rings. The summed E-state index contributed by atoms with van der Waals surface area (Å²) in [7, 11) is -0.553. The number of aryl methyl sites for hydroxylation is 2. The first kappa shape index (κ1) is 23.2. The molecule has 0 atom stereocenters. The van der Waals surface area contributed by atoms with E-state index in [-0.39, 0.29) is 17.0 Å². The number of benzene rings is 2. The Balaban J connectivity index is 1.73. The molecule has 8 heteroatoms. The van der Waals surface area contributed by atoms with Crippen LogP contribution in [0.3, 0.4) is 0 Å². The van der Waals surface area contributed by atoms with Crippen LogP contribution in [0.2, 0.25) is 0 Å². The van der Waals surface area contributed by atoms with Crippen molar-refractivity contribution in [2.24, 2.45) is 7.05 Å². The Labute approximate surface area is 194 Å². The van der Waals surface area contributed by atoms with Crippen LogP contribution < -0.4 is 15.0 Å². The van der Waals surface area contributed by atoms with Gasteiger partial charge in [-0.05, 0) is 67.0 Å². The van der Waals surface area contributed by atoms with Gasteiger partial charge in [0.2, 0.25) is 10.0 Å². The predicted octanol–water partition coefficient (Wildman–Crippen LogP) is 3.38. The van der Waals surface area contributed by atoms with Crippen molar-refractivity contribution in [2.45, 2.75) is 50.5 Å². The summed E-state index contributed by atoms with van der Waals surface area (Å²) in [5.74, 6) is 0.675. The number of nitrogens with one attached hydrogen (secondary N) is 1. The number of nitrogens with zero attached hydrogens (tertiary/aromatic N) is 2. The zero-order valence-corrected chi connectivity index (χ0v) is 20.0. The van der Waals surface area contributed by atoms with Crippen LogP contribution in [-0.4, -0.2) is 25.3 Å². The number of hydrogen-bond acceptors (Lipinski definition) is 5. The molecule has 7 nitrogen and oxygen atoms in total. The molecule has 0 bridgehead atoms. The molecule has 1 aliphatic rings. The Hall–Kier alpha value is -2.97. The second-order valence-corrected chi connectivity index (χ2v) is 10.0. The smallest absolute Gasteiger partial charge is 0.269 e. The summed E-state index contributed by atoms with van der Waals surface area (Å²) in [6, 6.07) is 12.7. The molecule has 0 aliphatic heterocycles. The van der Waals surface area contributed by atoms with Gasteiger partial charge in [-0.2, -0.15) is 5.10 Å². The SMILES string of the molecule is CCc1ccc(-c2nn(C)c(=O)c3c2CCCC3)cc1S(=O)(=O)NCc1cccc(OC)c1. The molecule has 1 aromatic heterocycles. The molecule has 0 saturated carbocycles. The highest BCUT2D eigenvalue weighted by Gasteiger charge is 2.23. The molecule has 3 aromatic rings. The zero-order chi connectivity index (χ0) is 23.6. The summed E-state index contributed by atoms with van der Waals surface area (Å²) >= 11 is 0. The lowest BCUT2D eigenvalue weighted by molar-refractivity contribution is 0.414. The molecule has 4 rings (SSSR count). The third-order valence-corrected chi connectivity index (χ3v) is 7.65. The van der Waals surface area contributed by atoms with Crippen LogP contribution in [0.5, 0.6) is 5.75 Å². The lowest BCUT2D eigenvalue weighted by Crippen LogP contribution is -2.28. The summed E-state index contributed by atoms with van der Waals surface area (Å²) in [6.07, 6.45) is 4.06. The van der Waals surface area contributed by atoms with Crippen LogP contribution in [-0.2, 0) is 42.9 Å².